The molecule has 0 aliphatic heterocycles. The highest BCUT2D eigenvalue weighted by Crippen LogP contribution is 2.23. The van der Waals surface area contributed by atoms with Crippen LogP contribution in [0.15, 0.2) is 5.38 Å². The lowest BCUT2D eigenvalue weighted by molar-refractivity contribution is 0.211. The second kappa shape index (κ2) is 6.64. The third kappa shape index (κ3) is 3.77. The van der Waals surface area contributed by atoms with E-state index < -0.39 is 0 Å². The molecule has 1 aliphatic rings. The van der Waals surface area contributed by atoms with Gasteiger partial charge >= 0.3 is 0 Å². The van der Waals surface area contributed by atoms with Gasteiger partial charge in [-0.2, -0.15) is 0 Å². The molecule has 0 aromatic carbocycles. The SMILES string of the molecule is CC(N)c1nc(CN(C)C2CCCCCC2)cs1. The van der Waals surface area contributed by atoms with Gasteiger partial charge in [0.15, 0.2) is 0 Å². The molecule has 0 saturated heterocycles. The van der Waals surface area contributed by atoms with Crippen molar-refractivity contribution in [3.63, 3.8) is 0 Å². The minimum atomic E-state index is 0.0620. The Bertz CT molecular complexity index is 354. The molecule has 2 rings (SSSR count). The van der Waals surface area contributed by atoms with Crippen molar-refractivity contribution >= 4 is 11.3 Å². The summed E-state index contributed by atoms with van der Waals surface area (Å²) >= 11 is 1.69. The number of thiazole rings is 1. The lowest BCUT2D eigenvalue weighted by atomic mass is 10.1. The van der Waals surface area contributed by atoms with E-state index in [1.54, 1.807) is 11.3 Å². The summed E-state index contributed by atoms with van der Waals surface area (Å²) in [6.07, 6.45) is 8.29. The van der Waals surface area contributed by atoms with E-state index in [0.717, 1.165) is 17.6 Å². The van der Waals surface area contributed by atoms with Gasteiger partial charge in [0.05, 0.1) is 11.7 Å². The molecule has 0 amide bonds. The highest BCUT2D eigenvalue weighted by Gasteiger charge is 2.18. The zero-order valence-corrected chi connectivity index (χ0v) is 12.4. The predicted octanol–water partition coefficient (Wildman–Crippen LogP) is 3.32. The Balaban J connectivity index is 1.90. The maximum Gasteiger partial charge on any atom is 0.109 e. The first kappa shape index (κ1) is 14.0. The standard InChI is InChI=1S/C14H25N3S/c1-11(15)14-16-12(10-18-14)9-17(2)13-7-5-3-4-6-8-13/h10-11,13H,3-9,15H2,1-2H3. The van der Waals surface area contributed by atoms with Crippen molar-refractivity contribution in [2.45, 2.75) is 64.1 Å². The third-order valence-corrected chi connectivity index (χ3v) is 4.91. The van der Waals surface area contributed by atoms with E-state index in [0.29, 0.717) is 0 Å². The Morgan fingerprint density at radius 1 is 1.39 bits per heavy atom. The van der Waals surface area contributed by atoms with Gasteiger partial charge < -0.3 is 5.73 Å². The summed E-state index contributed by atoms with van der Waals surface area (Å²) in [5.41, 5.74) is 7.04. The molecule has 2 N–H and O–H groups in total. The first-order chi connectivity index (χ1) is 8.66. The van der Waals surface area contributed by atoms with E-state index in [9.17, 15) is 0 Å². The highest BCUT2D eigenvalue weighted by atomic mass is 32.1. The molecule has 1 aliphatic carbocycles. The summed E-state index contributed by atoms with van der Waals surface area (Å²) in [6, 6.07) is 0.805. The van der Waals surface area contributed by atoms with Gasteiger partial charge in [0.1, 0.15) is 5.01 Å². The summed E-state index contributed by atoms with van der Waals surface area (Å²) in [4.78, 5) is 7.10. The lowest BCUT2D eigenvalue weighted by Gasteiger charge is -2.26. The second-order valence-electron chi connectivity index (χ2n) is 5.53. The van der Waals surface area contributed by atoms with Crippen LogP contribution in [0.2, 0.25) is 0 Å². The van der Waals surface area contributed by atoms with Crippen LogP contribution in [0.1, 0.15) is 62.2 Å². The van der Waals surface area contributed by atoms with E-state index in [2.05, 4.69) is 22.3 Å². The van der Waals surface area contributed by atoms with Gasteiger partial charge in [0.2, 0.25) is 0 Å². The Kier molecular flexibility index (Phi) is 5.15. The Morgan fingerprint density at radius 2 is 2.06 bits per heavy atom. The molecule has 0 spiro atoms. The molecular formula is C14H25N3S. The molecule has 1 aromatic heterocycles. The maximum atomic E-state index is 5.86. The van der Waals surface area contributed by atoms with Crippen LogP contribution >= 0.6 is 11.3 Å². The van der Waals surface area contributed by atoms with Crippen LogP contribution in [0.3, 0.4) is 0 Å². The average molecular weight is 267 g/mol. The number of hydrogen-bond acceptors (Lipinski definition) is 4. The van der Waals surface area contributed by atoms with Crippen LogP contribution in [0.5, 0.6) is 0 Å². The normalized spacial score (nSPS) is 20.0. The molecule has 3 nitrogen and oxygen atoms in total. The fraction of sp³-hybridized carbons (Fsp3) is 0.786. The van der Waals surface area contributed by atoms with Gasteiger partial charge in [-0.05, 0) is 26.8 Å². The number of hydrogen-bond donors (Lipinski definition) is 1. The molecule has 1 heterocycles. The lowest BCUT2D eigenvalue weighted by Crippen LogP contribution is -2.30. The zero-order chi connectivity index (χ0) is 13.0. The Labute approximate surface area is 114 Å². The van der Waals surface area contributed by atoms with Crippen molar-refractivity contribution in [3.05, 3.63) is 16.1 Å². The number of aromatic nitrogens is 1. The first-order valence-corrected chi connectivity index (χ1v) is 7.95. The Hall–Kier alpha value is -0.450. The van der Waals surface area contributed by atoms with Gasteiger partial charge in [-0.1, -0.05) is 25.7 Å². The molecule has 102 valence electrons. The number of nitrogens with two attached hydrogens (primary N) is 1. The van der Waals surface area contributed by atoms with Gasteiger partial charge in [-0.3, -0.25) is 4.90 Å². The van der Waals surface area contributed by atoms with Crippen molar-refractivity contribution < 1.29 is 0 Å². The molecule has 4 heteroatoms. The van der Waals surface area contributed by atoms with Crippen molar-refractivity contribution in [2.75, 3.05) is 7.05 Å². The monoisotopic (exact) mass is 267 g/mol. The van der Waals surface area contributed by atoms with Gasteiger partial charge in [-0.25, -0.2) is 4.98 Å². The fourth-order valence-electron chi connectivity index (χ4n) is 2.69. The van der Waals surface area contributed by atoms with Gasteiger partial charge in [0.25, 0.3) is 0 Å². The van der Waals surface area contributed by atoms with Crippen LogP contribution in [-0.2, 0) is 6.54 Å². The zero-order valence-electron chi connectivity index (χ0n) is 11.6. The smallest absolute Gasteiger partial charge is 0.109 e. The predicted molar refractivity (Wildman–Crippen MR) is 77.7 cm³/mol. The molecule has 1 atom stereocenters. The quantitative estimate of drug-likeness (QED) is 0.851. The van der Waals surface area contributed by atoms with Crippen LogP contribution in [-0.4, -0.2) is 23.0 Å². The summed E-state index contributed by atoms with van der Waals surface area (Å²) in [5.74, 6) is 0. The first-order valence-electron chi connectivity index (χ1n) is 7.07. The third-order valence-electron chi connectivity index (χ3n) is 3.82. The van der Waals surface area contributed by atoms with E-state index in [1.165, 1.54) is 44.2 Å². The number of nitrogens with zero attached hydrogens (tertiary/aromatic N) is 2. The minimum absolute atomic E-state index is 0.0620. The Morgan fingerprint density at radius 3 is 2.61 bits per heavy atom. The van der Waals surface area contributed by atoms with E-state index in [4.69, 9.17) is 5.73 Å². The van der Waals surface area contributed by atoms with Crippen LogP contribution in [0, 0.1) is 0 Å². The second-order valence-corrected chi connectivity index (χ2v) is 6.42. The van der Waals surface area contributed by atoms with Crippen LogP contribution < -0.4 is 5.73 Å². The minimum Gasteiger partial charge on any atom is -0.322 e. The molecular weight excluding hydrogens is 242 g/mol. The van der Waals surface area contributed by atoms with Crippen molar-refractivity contribution in [2.24, 2.45) is 5.73 Å². The maximum absolute atomic E-state index is 5.86. The highest BCUT2D eigenvalue weighted by molar-refractivity contribution is 7.09. The van der Waals surface area contributed by atoms with Crippen molar-refractivity contribution in [1.29, 1.82) is 0 Å². The average Bonchev–Trinajstić information content (AvgIpc) is 2.64. The van der Waals surface area contributed by atoms with E-state index in [-0.39, 0.29) is 6.04 Å². The largest absolute Gasteiger partial charge is 0.322 e. The van der Waals surface area contributed by atoms with Crippen molar-refractivity contribution in [1.82, 2.24) is 9.88 Å². The van der Waals surface area contributed by atoms with Gasteiger partial charge in [-0.15, -0.1) is 11.3 Å². The van der Waals surface area contributed by atoms with Crippen LogP contribution in [0.4, 0.5) is 0 Å². The van der Waals surface area contributed by atoms with Crippen LogP contribution in [0.25, 0.3) is 0 Å². The molecule has 1 fully saturated rings. The molecule has 0 bridgehead atoms. The van der Waals surface area contributed by atoms with Crippen molar-refractivity contribution in [3.8, 4) is 0 Å². The van der Waals surface area contributed by atoms with E-state index >= 15 is 0 Å². The van der Waals surface area contributed by atoms with Gasteiger partial charge in [0, 0.05) is 18.0 Å². The summed E-state index contributed by atoms with van der Waals surface area (Å²) in [7, 11) is 2.24. The molecule has 18 heavy (non-hydrogen) atoms. The molecule has 1 unspecified atom stereocenters. The topological polar surface area (TPSA) is 42.1 Å². The van der Waals surface area contributed by atoms with E-state index in [1.807, 2.05) is 6.92 Å². The summed E-state index contributed by atoms with van der Waals surface area (Å²) in [5, 5.41) is 3.21. The number of rotatable bonds is 4. The summed E-state index contributed by atoms with van der Waals surface area (Å²) in [6.45, 7) is 2.96. The molecule has 0 radical (unpaired) electrons. The fourth-order valence-corrected chi connectivity index (χ4v) is 3.46. The molecule has 1 saturated carbocycles. The summed E-state index contributed by atoms with van der Waals surface area (Å²) < 4.78 is 0. The molecule has 1 aromatic rings.